The molecule has 60 heavy (non-hydrogen) atoms. The molecule has 2 saturated carbocycles. The standard InChI is InChI=1S/C42H54F3N5O9S/c1-7-24-20-40(58-32-31(24)27-19-26(57-6)15-16-28(27)46-33(32)42(43,44)45)22-30-34(51)48-41(36(53)49-60(55,56)39(5)17-18-39)21-25(41)13-11-9-8-10-12-14-29(35(52)50(30)23-40)47-37(54)59-38(2,3)4/h11,13,15-16,19,24-25,29-30H,7-10,12,14,17-18,20-23H2,1-6H3,(H,47,54)(H,48,51)(H,49,53)/b13-11-/t24-,25?,29+,30+,40-,41?/m1/s1. The lowest BCUT2D eigenvalue weighted by Crippen LogP contribution is -2.58. The predicted molar refractivity (Wildman–Crippen MR) is 213 cm³/mol. The highest BCUT2D eigenvalue weighted by molar-refractivity contribution is 7.91. The quantitative estimate of drug-likeness (QED) is 0.285. The van der Waals surface area contributed by atoms with Crippen molar-refractivity contribution in [2.75, 3.05) is 13.7 Å². The molecule has 2 aromatic rings. The fourth-order valence-electron chi connectivity index (χ4n) is 8.89. The number of carbonyl (C=O) groups excluding carboxylic acids is 4. The van der Waals surface area contributed by atoms with E-state index in [1.165, 1.54) is 31.1 Å². The molecule has 0 bridgehead atoms. The number of carbonyl (C=O) groups is 4. The van der Waals surface area contributed by atoms with Gasteiger partial charge in [-0.2, -0.15) is 13.2 Å². The van der Waals surface area contributed by atoms with Crippen molar-refractivity contribution in [2.24, 2.45) is 5.92 Å². The van der Waals surface area contributed by atoms with Crippen LogP contribution < -0.4 is 24.8 Å². The summed E-state index contributed by atoms with van der Waals surface area (Å²) in [6.45, 7) is 8.04. The minimum absolute atomic E-state index is 0.0842. The Morgan fingerprint density at radius 1 is 1.08 bits per heavy atom. The number of benzene rings is 1. The van der Waals surface area contributed by atoms with Crippen LogP contribution in [0.1, 0.15) is 122 Å². The molecular weight excluding hydrogens is 808 g/mol. The number of fused-ring (bicyclic) bond motifs is 5. The summed E-state index contributed by atoms with van der Waals surface area (Å²) >= 11 is 0. The van der Waals surface area contributed by atoms with E-state index in [1.54, 1.807) is 32.9 Å². The molecule has 3 fully saturated rings. The van der Waals surface area contributed by atoms with E-state index in [0.717, 1.165) is 0 Å². The summed E-state index contributed by atoms with van der Waals surface area (Å²) in [5, 5.41) is 5.91. The molecule has 3 N–H and O–H groups in total. The Labute approximate surface area is 347 Å². The number of pyridine rings is 1. The average molecular weight is 862 g/mol. The molecule has 0 radical (unpaired) electrons. The van der Waals surface area contributed by atoms with Gasteiger partial charge in [-0.3, -0.25) is 19.1 Å². The molecule has 1 spiro atoms. The van der Waals surface area contributed by atoms with Crippen LogP contribution in [0.2, 0.25) is 0 Å². The number of ether oxygens (including phenoxy) is 3. The first-order chi connectivity index (χ1) is 28.0. The number of hydrogen-bond acceptors (Lipinski definition) is 10. The van der Waals surface area contributed by atoms with Gasteiger partial charge < -0.3 is 29.7 Å². The maximum absolute atomic E-state index is 15.0. The number of rotatable bonds is 6. The Morgan fingerprint density at radius 3 is 2.47 bits per heavy atom. The molecule has 2 unspecified atom stereocenters. The molecule has 4 heterocycles. The summed E-state index contributed by atoms with van der Waals surface area (Å²) in [4.78, 5) is 62.1. The van der Waals surface area contributed by atoms with E-state index in [2.05, 4.69) is 20.3 Å². The lowest BCUT2D eigenvalue weighted by Gasteiger charge is -2.41. The number of halogens is 3. The second-order valence-corrected chi connectivity index (χ2v) is 20.5. The molecule has 3 aliphatic heterocycles. The van der Waals surface area contributed by atoms with E-state index in [0.29, 0.717) is 56.1 Å². The lowest BCUT2D eigenvalue weighted by atomic mass is 9.78. The number of aromatic nitrogens is 1. The van der Waals surface area contributed by atoms with Gasteiger partial charge in [0.15, 0.2) is 11.4 Å². The summed E-state index contributed by atoms with van der Waals surface area (Å²) in [5.41, 5.74) is -5.00. The maximum Gasteiger partial charge on any atom is 0.437 e. The summed E-state index contributed by atoms with van der Waals surface area (Å²) in [6, 6.07) is 2.00. The topological polar surface area (TPSA) is 182 Å². The molecule has 4 amide bonds. The van der Waals surface area contributed by atoms with E-state index >= 15 is 0 Å². The maximum atomic E-state index is 15.0. The predicted octanol–water partition coefficient (Wildman–Crippen LogP) is 6.17. The van der Waals surface area contributed by atoms with Crippen LogP contribution in [0.5, 0.6) is 11.5 Å². The smallest absolute Gasteiger partial charge is 0.437 e. The van der Waals surface area contributed by atoms with Gasteiger partial charge in [0.25, 0.3) is 5.91 Å². The molecule has 1 saturated heterocycles. The van der Waals surface area contributed by atoms with E-state index in [-0.39, 0.29) is 43.3 Å². The molecular formula is C42H54F3N5O9S. The van der Waals surface area contributed by atoms with Crippen LogP contribution in [-0.2, 0) is 35.3 Å². The molecule has 2 aliphatic carbocycles. The zero-order valence-corrected chi connectivity index (χ0v) is 35.6. The third kappa shape index (κ3) is 8.36. The number of alkyl halides is 3. The summed E-state index contributed by atoms with van der Waals surface area (Å²) in [5.74, 6) is -3.61. The van der Waals surface area contributed by atoms with Gasteiger partial charge in [0, 0.05) is 23.3 Å². The monoisotopic (exact) mass is 861 g/mol. The van der Waals surface area contributed by atoms with Crippen LogP contribution in [0.4, 0.5) is 18.0 Å². The molecule has 7 rings (SSSR count). The molecule has 6 atom stereocenters. The molecule has 5 aliphatic rings. The van der Waals surface area contributed by atoms with Crippen molar-refractivity contribution in [3.8, 4) is 11.5 Å². The van der Waals surface area contributed by atoms with E-state index in [4.69, 9.17) is 14.2 Å². The van der Waals surface area contributed by atoms with Gasteiger partial charge in [-0.25, -0.2) is 18.2 Å². The van der Waals surface area contributed by atoms with Crippen molar-refractivity contribution in [2.45, 2.75) is 151 Å². The largest absolute Gasteiger partial charge is 0.497 e. The Morgan fingerprint density at radius 2 is 1.82 bits per heavy atom. The zero-order valence-electron chi connectivity index (χ0n) is 34.8. The number of sulfonamides is 1. The first kappa shape index (κ1) is 43.5. The first-order valence-corrected chi connectivity index (χ1v) is 22.2. The fourth-order valence-corrected chi connectivity index (χ4v) is 10.2. The van der Waals surface area contributed by atoms with Crippen LogP contribution in [0.25, 0.3) is 10.9 Å². The number of alkyl carbamates (subject to hydrolysis) is 1. The minimum atomic E-state index is -4.94. The second-order valence-electron chi connectivity index (χ2n) is 18.3. The lowest BCUT2D eigenvalue weighted by molar-refractivity contribution is -0.144. The Kier molecular flexibility index (Phi) is 11.1. The van der Waals surface area contributed by atoms with E-state index in [9.17, 15) is 40.8 Å². The van der Waals surface area contributed by atoms with Crippen LogP contribution >= 0.6 is 0 Å². The molecule has 18 heteroatoms. The van der Waals surface area contributed by atoms with Gasteiger partial charge in [0.1, 0.15) is 34.6 Å². The Balaban J connectivity index is 1.31. The summed E-state index contributed by atoms with van der Waals surface area (Å²) in [7, 11) is -2.66. The highest BCUT2D eigenvalue weighted by Crippen LogP contribution is 2.54. The number of nitrogens with zero attached hydrogens (tertiary/aromatic N) is 2. The van der Waals surface area contributed by atoms with E-state index in [1.807, 2.05) is 13.0 Å². The van der Waals surface area contributed by atoms with Gasteiger partial charge in [0.2, 0.25) is 21.8 Å². The second kappa shape index (κ2) is 15.4. The number of nitrogens with one attached hydrogen (secondary N) is 3. The van der Waals surface area contributed by atoms with Gasteiger partial charge in [-0.15, -0.1) is 0 Å². The van der Waals surface area contributed by atoms with Crippen molar-refractivity contribution in [3.63, 3.8) is 0 Å². The average Bonchev–Trinajstić information content (AvgIpc) is 4.06. The molecule has 1 aromatic heterocycles. The highest BCUT2D eigenvalue weighted by atomic mass is 32.2. The number of hydrogen-bond donors (Lipinski definition) is 3. The van der Waals surface area contributed by atoms with Crippen LogP contribution in [0.15, 0.2) is 30.4 Å². The number of methoxy groups -OCH3 is 1. The van der Waals surface area contributed by atoms with E-state index < -0.39 is 96.9 Å². The van der Waals surface area contributed by atoms with Crippen molar-refractivity contribution in [1.29, 1.82) is 0 Å². The van der Waals surface area contributed by atoms with Crippen molar-refractivity contribution < 1.29 is 55.0 Å². The molecule has 328 valence electrons. The third-order valence-corrected chi connectivity index (χ3v) is 14.8. The van der Waals surface area contributed by atoms with Gasteiger partial charge >= 0.3 is 12.3 Å². The highest BCUT2D eigenvalue weighted by Gasteiger charge is 2.64. The Bertz CT molecular complexity index is 2220. The normalized spacial score (nSPS) is 29.7. The SMILES string of the molecule is CC[C@@H]1C[C@]2(C[C@H]3C(=O)NC4(C(=O)NS(=O)(=O)C5(C)CC5)CC4/C=C\CCCCC[C@H](NC(=O)OC(C)(C)C)C(=O)N3C2)Oc2c(C(F)(F)F)nc3ccc(OC)cc3c21. The van der Waals surface area contributed by atoms with Crippen molar-refractivity contribution in [1.82, 2.24) is 25.2 Å². The molecule has 1 aromatic carbocycles. The van der Waals surface area contributed by atoms with Crippen LogP contribution in [0, 0.1) is 5.92 Å². The zero-order chi connectivity index (χ0) is 43.6. The summed E-state index contributed by atoms with van der Waals surface area (Å²) < 4.78 is 89.9. The molecule has 14 nitrogen and oxygen atoms in total. The minimum Gasteiger partial charge on any atom is -0.497 e. The third-order valence-electron chi connectivity index (χ3n) is 12.6. The van der Waals surface area contributed by atoms with Gasteiger partial charge in [0.05, 0.1) is 23.9 Å². The summed E-state index contributed by atoms with van der Waals surface area (Å²) in [6.07, 6.45) is 1.52. The number of allylic oxidation sites excluding steroid dienone is 1. The fraction of sp³-hybridized carbons (Fsp3) is 0.643. The van der Waals surface area contributed by atoms with Crippen molar-refractivity contribution >= 4 is 44.7 Å². The van der Waals surface area contributed by atoms with Crippen LogP contribution in [-0.4, -0.2) is 89.3 Å². The van der Waals surface area contributed by atoms with Gasteiger partial charge in [-0.1, -0.05) is 31.9 Å². The van der Waals surface area contributed by atoms with Crippen LogP contribution in [0.3, 0.4) is 0 Å². The number of amides is 4. The Hall–Kier alpha value is -4.61. The first-order valence-electron chi connectivity index (χ1n) is 20.7. The van der Waals surface area contributed by atoms with Crippen molar-refractivity contribution in [3.05, 3.63) is 41.6 Å². The van der Waals surface area contributed by atoms with Gasteiger partial charge in [-0.05, 0) is 103 Å².